The van der Waals surface area contributed by atoms with Gasteiger partial charge in [-0.1, -0.05) is 47.0 Å². The van der Waals surface area contributed by atoms with Crippen molar-refractivity contribution in [3.63, 3.8) is 0 Å². The summed E-state index contributed by atoms with van der Waals surface area (Å²) in [6.07, 6.45) is 1.54. The molecule has 3 aromatic rings. The number of hydrogen-bond donors (Lipinski definition) is 0. The van der Waals surface area contributed by atoms with Gasteiger partial charge in [0.25, 0.3) is 11.1 Å². The highest BCUT2D eigenvalue weighted by molar-refractivity contribution is 8.18. The quantitative estimate of drug-likeness (QED) is 0.155. The van der Waals surface area contributed by atoms with E-state index in [4.69, 9.17) is 37.4 Å². The zero-order valence-corrected chi connectivity index (χ0v) is 22.9. The Morgan fingerprint density at radius 1 is 1.03 bits per heavy atom. The van der Waals surface area contributed by atoms with Gasteiger partial charge in [0.05, 0.1) is 28.6 Å². The number of amides is 2. The van der Waals surface area contributed by atoms with Crippen molar-refractivity contribution in [3.05, 3.63) is 92.3 Å². The summed E-state index contributed by atoms with van der Waals surface area (Å²) in [5.74, 6) is -0.174. The van der Waals surface area contributed by atoms with Crippen molar-refractivity contribution in [2.24, 2.45) is 0 Å². The molecule has 0 radical (unpaired) electrons. The fourth-order valence-corrected chi connectivity index (χ4v) is 4.85. The molecular weight excluding hydrogens is 549 g/mol. The van der Waals surface area contributed by atoms with E-state index in [9.17, 15) is 14.4 Å². The lowest BCUT2D eigenvalue weighted by Crippen LogP contribution is -2.32. The number of benzene rings is 3. The van der Waals surface area contributed by atoms with E-state index in [1.165, 1.54) is 12.1 Å². The topological polar surface area (TPSA) is 82.1 Å². The van der Waals surface area contributed by atoms with Gasteiger partial charge < -0.3 is 14.2 Å². The van der Waals surface area contributed by atoms with Crippen LogP contribution in [0.1, 0.15) is 28.4 Å². The molecule has 196 valence electrons. The minimum absolute atomic E-state index is 0.0389. The van der Waals surface area contributed by atoms with Crippen LogP contribution >= 0.6 is 35.0 Å². The molecule has 0 aliphatic carbocycles. The Balaban J connectivity index is 1.49. The number of halogens is 2. The Bertz CT molecular complexity index is 1410. The highest BCUT2D eigenvalue weighted by Gasteiger charge is 2.35. The van der Waals surface area contributed by atoms with Crippen LogP contribution in [-0.4, -0.2) is 41.8 Å². The van der Waals surface area contributed by atoms with Crippen molar-refractivity contribution >= 4 is 58.2 Å². The zero-order chi connectivity index (χ0) is 27.2. The molecule has 7 nitrogen and oxygen atoms in total. The van der Waals surface area contributed by atoms with Gasteiger partial charge in [-0.2, -0.15) is 0 Å². The number of carbonyl (C=O) groups excluding carboxylic acids is 3. The number of imide groups is 1. The first-order chi connectivity index (χ1) is 18.2. The van der Waals surface area contributed by atoms with Crippen LogP contribution in [0.5, 0.6) is 17.2 Å². The third-order valence-electron chi connectivity index (χ3n) is 5.36. The largest absolute Gasteiger partial charge is 0.492 e. The Labute approximate surface area is 234 Å². The molecule has 1 saturated heterocycles. The standard InChI is InChI=1S/C28H23Cl2NO6S/c1-3-35-23-14-18(13-22(30)25(23)37-27(33)19-5-4-6-20(29)16-19)15-24-26(32)31(28(34)38-24)11-12-36-21-9-7-17(2)8-10-21/h4-10,13-16H,3,11-12H2,1-2H3/b24-15-. The van der Waals surface area contributed by atoms with Crippen LogP contribution < -0.4 is 14.2 Å². The summed E-state index contributed by atoms with van der Waals surface area (Å²) in [5.41, 5.74) is 1.86. The third-order valence-corrected chi connectivity index (χ3v) is 6.79. The number of hydrogen-bond acceptors (Lipinski definition) is 7. The zero-order valence-electron chi connectivity index (χ0n) is 20.5. The molecule has 0 spiro atoms. The van der Waals surface area contributed by atoms with Gasteiger partial charge >= 0.3 is 5.97 Å². The molecule has 3 aromatic carbocycles. The van der Waals surface area contributed by atoms with E-state index in [0.717, 1.165) is 22.2 Å². The maximum atomic E-state index is 12.9. The second kappa shape index (κ2) is 12.4. The molecule has 1 heterocycles. The number of carbonyl (C=O) groups is 3. The van der Waals surface area contributed by atoms with Gasteiger partial charge in [0.2, 0.25) is 0 Å². The van der Waals surface area contributed by atoms with Crippen molar-refractivity contribution in [1.29, 1.82) is 0 Å². The molecule has 1 aliphatic heterocycles. The molecule has 38 heavy (non-hydrogen) atoms. The lowest BCUT2D eigenvalue weighted by Gasteiger charge is -2.14. The maximum Gasteiger partial charge on any atom is 0.343 e. The summed E-state index contributed by atoms with van der Waals surface area (Å²) in [6, 6.07) is 16.9. The molecule has 0 N–H and O–H groups in total. The highest BCUT2D eigenvalue weighted by atomic mass is 35.5. The second-order valence-electron chi connectivity index (χ2n) is 8.16. The second-order valence-corrected chi connectivity index (χ2v) is 9.99. The molecular formula is C28H23Cl2NO6S. The van der Waals surface area contributed by atoms with Gasteiger partial charge in [-0.3, -0.25) is 14.5 Å². The van der Waals surface area contributed by atoms with E-state index in [-0.39, 0.29) is 46.7 Å². The lowest BCUT2D eigenvalue weighted by atomic mass is 10.1. The Morgan fingerprint density at radius 3 is 2.50 bits per heavy atom. The molecule has 10 heteroatoms. The van der Waals surface area contributed by atoms with Crippen LogP contribution in [0.15, 0.2) is 65.6 Å². The van der Waals surface area contributed by atoms with Gasteiger partial charge in [-0.25, -0.2) is 4.79 Å². The summed E-state index contributed by atoms with van der Waals surface area (Å²) in [7, 11) is 0. The monoisotopic (exact) mass is 571 g/mol. The lowest BCUT2D eigenvalue weighted by molar-refractivity contribution is -0.123. The van der Waals surface area contributed by atoms with Crippen molar-refractivity contribution in [2.75, 3.05) is 19.8 Å². The van der Waals surface area contributed by atoms with Gasteiger partial charge in [-0.05, 0) is 79.7 Å². The summed E-state index contributed by atoms with van der Waals surface area (Å²) < 4.78 is 16.8. The molecule has 0 saturated carbocycles. The van der Waals surface area contributed by atoms with E-state index in [1.807, 2.05) is 31.2 Å². The van der Waals surface area contributed by atoms with Crippen molar-refractivity contribution in [1.82, 2.24) is 4.90 Å². The number of rotatable bonds is 9. The van der Waals surface area contributed by atoms with Crippen LogP contribution in [0.2, 0.25) is 10.0 Å². The predicted octanol–water partition coefficient (Wildman–Crippen LogP) is 7.04. The molecule has 2 amide bonds. The average Bonchev–Trinajstić information content (AvgIpc) is 3.14. The van der Waals surface area contributed by atoms with E-state index in [1.54, 1.807) is 37.3 Å². The molecule has 0 aromatic heterocycles. The summed E-state index contributed by atoms with van der Waals surface area (Å²) >= 11 is 13.2. The number of aryl methyl sites for hydroxylation is 1. The number of nitrogens with zero attached hydrogens (tertiary/aromatic N) is 1. The average molecular weight is 572 g/mol. The molecule has 1 fully saturated rings. The number of thioether (sulfide) groups is 1. The summed E-state index contributed by atoms with van der Waals surface area (Å²) in [4.78, 5) is 39.4. The minimum atomic E-state index is -0.655. The fraction of sp³-hybridized carbons (Fsp3) is 0.179. The SMILES string of the molecule is CCOc1cc(/C=C2\SC(=O)N(CCOc3ccc(C)cc3)C2=O)cc(Cl)c1OC(=O)c1cccc(Cl)c1. The minimum Gasteiger partial charge on any atom is -0.492 e. The molecule has 0 atom stereocenters. The number of ether oxygens (including phenoxy) is 3. The summed E-state index contributed by atoms with van der Waals surface area (Å²) in [6.45, 7) is 4.30. The van der Waals surface area contributed by atoms with Crippen LogP contribution in [0.3, 0.4) is 0 Å². The smallest absolute Gasteiger partial charge is 0.343 e. The van der Waals surface area contributed by atoms with Gasteiger partial charge in [0.1, 0.15) is 12.4 Å². The van der Waals surface area contributed by atoms with E-state index >= 15 is 0 Å². The summed E-state index contributed by atoms with van der Waals surface area (Å²) in [5, 5.41) is 0.0989. The molecule has 4 rings (SSSR count). The Hall–Kier alpha value is -3.46. The van der Waals surface area contributed by atoms with Crippen LogP contribution in [-0.2, 0) is 4.79 Å². The van der Waals surface area contributed by atoms with E-state index in [0.29, 0.717) is 16.3 Å². The van der Waals surface area contributed by atoms with Crippen LogP contribution in [0.4, 0.5) is 4.79 Å². The Kier molecular flexibility index (Phi) is 8.99. The van der Waals surface area contributed by atoms with Crippen LogP contribution in [0.25, 0.3) is 6.08 Å². The fourth-order valence-electron chi connectivity index (χ4n) is 3.53. The normalized spacial score (nSPS) is 14.2. The van der Waals surface area contributed by atoms with Gasteiger partial charge in [0, 0.05) is 5.02 Å². The van der Waals surface area contributed by atoms with Gasteiger partial charge in [0.15, 0.2) is 11.5 Å². The molecule has 1 aliphatic rings. The highest BCUT2D eigenvalue weighted by Crippen LogP contribution is 2.39. The van der Waals surface area contributed by atoms with E-state index in [2.05, 4.69) is 0 Å². The molecule has 0 unspecified atom stereocenters. The maximum absolute atomic E-state index is 12.9. The molecule has 0 bridgehead atoms. The third kappa shape index (κ3) is 6.69. The first kappa shape index (κ1) is 27.6. The van der Waals surface area contributed by atoms with Crippen molar-refractivity contribution in [2.45, 2.75) is 13.8 Å². The Morgan fingerprint density at radius 2 is 1.79 bits per heavy atom. The predicted molar refractivity (Wildman–Crippen MR) is 148 cm³/mol. The van der Waals surface area contributed by atoms with Gasteiger partial charge in [-0.15, -0.1) is 0 Å². The van der Waals surface area contributed by atoms with E-state index < -0.39 is 17.1 Å². The van der Waals surface area contributed by atoms with Crippen molar-refractivity contribution in [3.8, 4) is 17.2 Å². The number of esters is 1. The first-order valence-electron chi connectivity index (χ1n) is 11.6. The van der Waals surface area contributed by atoms with Crippen LogP contribution in [0, 0.1) is 6.92 Å². The first-order valence-corrected chi connectivity index (χ1v) is 13.2. The van der Waals surface area contributed by atoms with Crippen molar-refractivity contribution < 1.29 is 28.6 Å².